The molecule has 3 atom stereocenters. The number of carbonyl (C=O) groups excluding carboxylic acids is 2. The van der Waals surface area contributed by atoms with Crippen LogP contribution in [0, 0.1) is 30.1 Å². The van der Waals surface area contributed by atoms with Crippen LogP contribution in [0.2, 0.25) is 0 Å². The van der Waals surface area contributed by atoms with E-state index in [1.165, 1.54) is 5.69 Å². The number of rotatable bonds is 5. The SMILES string of the molecule is CC(C)[CH][C@@H]1CC[C@H](C(=O)N2CCN(c3ccccc3)CC2)[C@@H](C(=O)NO)C1. The van der Waals surface area contributed by atoms with Crippen molar-refractivity contribution < 1.29 is 14.8 Å². The Bertz CT molecular complexity index is 656. The normalized spacial score (nSPS) is 25.6. The third-order valence-electron chi connectivity index (χ3n) is 6.02. The van der Waals surface area contributed by atoms with Gasteiger partial charge in [0.2, 0.25) is 11.8 Å². The van der Waals surface area contributed by atoms with Crippen LogP contribution in [0.15, 0.2) is 30.3 Å². The quantitative estimate of drug-likeness (QED) is 0.603. The van der Waals surface area contributed by atoms with Crippen LogP contribution >= 0.6 is 0 Å². The molecule has 1 heterocycles. The molecule has 6 heteroatoms. The molecule has 2 fully saturated rings. The molecule has 0 unspecified atom stereocenters. The monoisotopic (exact) mass is 386 g/mol. The van der Waals surface area contributed by atoms with Gasteiger partial charge in [0.1, 0.15) is 0 Å². The second kappa shape index (κ2) is 9.41. The molecule has 1 aromatic carbocycles. The van der Waals surface area contributed by atoms with Crippen molar-refractivity contribution >= 4 is 17.5 Å². The van der Waals surface area contributed by atoms with E-state index in [0.717, 1.165) is 19.5 Å². The zero-order chi connectivity index (χ0) is 20.1. The molecular formula is C22H32N3O3. The van der Waals surface area contributed by atoms with Gasteiger partial charge in [0.25, 0.3) is 0 Å². The highest BCUT2D eigenvalue weighted by atomic mass is 16.5. The second-order valence-electron chi connectivity index (χ2n) is 8.35. The number of hydroxylamine groups is 1. The summed E-state index contributed by atoms with van der Waals surface area (Å²) in [6.45, 7) is 7.18. The summed E-state index contributed by atoms with van der Waals surface area (Å²) in [6, 6.07) is 10.2. The summed E-state index contributed by atoms with van der Waals surface area (Å²) in [6.07, 6.45) is 4.51. The topological polar surface area (TPSA) is 72.9 Å². The Labute approximate surface area is 167 Å². The van der Waals surface area contributed by atoms with Gasteiger partial charge in [-0.2, -0.15) is 0 Å². The van der Waals surface area contributed by atoms with E-state index in [2.05, 4.69) is 37.3 Å². The first-order valence-electron chi connectivity index (χ1n) is 10.4. The van der Waals surface area contributed by atoms with Crippen LogP contribution in [-0.4, -0.2) is 48.1 Å². The smallest absolute Gasteiger partial charge is 0.247 e. The van der Waals surface area contributed by atoms with Crippen LogP contribution in [0.3, 0.4) is 0 Å². The molecule has 0 bridgehead atoms. The maximum Gasteiger partial charge on any atom is 0.247 e. The van der Waals surface area contributed by atoms with Crippen molar-refractivity contribution in [1.82, 2.24) is 10.4 Å². The van der Waals surface area contributed by atoms with Crippen molar-refractivity contribution in [3.63, 3.8) is 0 Å². The van der Waals surface area contributed by atoms with Gasteiger partial charge >= 0.3 is 0 Å². The number of nitrogens with one attached hydrogen (secondary N) is 1. The minimum Gasteiger partial charge on any atom is -0.368 e. The van der Waals surface area contributed by atoms with E-state index in [-0.39, 0.29) is 11.8 Å². The lowest BCUT2D eigenvalue weighted by molar-refractivity contribution is -0.147. The van der Waals surface area contributed by atoms with E-state index in [4.69, 9.17) is 0 Å². The predicted octanol–water partition coefficient (Wildman–Crippen LogP) is 2.73. The standard InChI is InChI=1S/C22H32N3O3/c1-16(2)14-17-8-9-19(20(15-17)21(26)23-28)22(27)25-12-10-24(11-13-25)18-6-4-3-5-7-18/h3-7,14,16-17,19-20,28H,8-13,15H2,1-2H3,(H,23,26)/t17-,19-,20-/m0/s1. The van der Waals surface area contributed by atoms with E-state index in [0.29, 0.717) is 37.8 Å². The Hall–Kier alpha value is -2.08. The first-order valence-corrected chi connectivity index (χ1v) is 10.4. The average molecular weight is 387 g/mol. The largest absolute Gasteiger partial charge is 0.368 e. The van der Waals surface area contributed by atoms with Crippen LogP contribution < -0.4 is 10.4 Å². The summed E-state index contributed by atoms with van der Waals surface area (Å²) >= 11 is 0. The minimum absolute atomic E-state index is 0.0595. The number of para-hydroxylation sites is 1. The van der Waals surface area contributed by atoms with Crippen molar-refractivity contribution in [3.8, 4) is 0 Å². The number of benzene rings is 1. The van der Waals surface area contributed by atoms with Gasteiger partial charge in [0.15, 0.2) is 0 Å². The van der Waals surface area contributed by atoms with Crippen molar-refractivity contribution in [2.24, 2.45) is 23.7 Å². The van der Waals surface area contributed by atoms with Gasteiger partial charge in [-0.3, -0.25) is 14.8 Å². The van der Waals surface area contributed by atoms with Gasteiger partial charge < -0.3 is 9.80 Å². The van der Waals surface area contributed by atoms with Crippen LogP contribution in [0.1, 0.15) is 33.1 Å². The lowest BCUT2D eigenvalue weighted by atomic mass is 9.71. The van der Waals surface area contributed by atoms with E-state index in [9.17, 15) is 14.8 Å². The Morgan fingerprint density at radius 3 is 2.36 bits per heavy atom. The zero-order valence-corrected chi connectivity index (χ0v) is 16.9. The Kier molecular flexibility index (Phi) is 6.94. The highest BCUT2D eigenvalue weighted by molar-refractivity contribution is 5.87. The Morgan fingerprint density at radius 2 is 1.75 bits per heavy atom. The fourth-order valence-electron chi connectivity index (χ4n) is 4.65. The fraction of sp³-hybridized carbons (Fsp3) is 0.591. The number of anilines is 1. The van der Waals surface area contributed by atoms with Gasteiger partial charge in [-0.25, -0.2) is 5.48 Å². The van der Waals surface area contributed by atoms with E-state index >= 15 is 0 Å². The number of hydrogen-bond acceptors (Lipinski definition) is 4. The van der Waals surface area contributed by atoms with E-state index < -0.39 is 11.8 Å². The lowest BCUT2D eigenvalue weighted by Crippen LogP contribution is -2.53. The van der Waals surface area contributed by atoms with Crippen LogP contribution in [0.5, 0.6) is 0 Å². The van der Waals surface area contributed by atoms with Gasteiger partial charge in [-0.05, 0) is 49.7 Å². The molecule has 0 aromatic heterocycles. The summed E-state index contributed by atoms with van der Waals surface area (Å²) in [5.74, 6) is -0.402. The van der Waals surface area contributed by atoms with Crippen molar-refractivity contribution in [2.75, 3.05) is 31.1 Å². The Morgan fingerprint density at radius 1 is 1.07 bits per heavy atom. The second-order valence-corrected chi connectivity index (χ2v) is 8.35. The minimum atomic E-state index is -0.460. The molecule has 2 aliphatic rings. The number of nitrogens with zero attached hydrogens (tertiary/aromatic N) is 2. The molecule has 28 heavy (non-hydrogen) atoms. The molecule has 2 amide bonds. The lowest BCUT2D eigenvalue weighted by Gasteiger charge is -2.41. The maximum atomic E-state index is 13.2. The summed E-state index contributed by atoms with van der Waals surface area (Å²) < 4.78 is 0. The average Bonchev–Trinajstić information content (AvgIpc) is 2.73. The van der Waals surface area contributed by atoms with Gasteiger partial charge in [-0.15, -0.1) is 0 Å². The summed E-state index contributed by atoms with van der Waals surface area (Å²) in [4.78, 5) is 29.7. The molecule has 1 aromatic rings. The fourth-order valence-corrected chi connectivity index (χ4v) is 4.65. The number of amides is 2. The first kappa shape index (κ1) is 20.6. The zero-order valence-electron chi connectivity index (χ0n) is 16.9. The molecule has 153 valence electrons. The van der Waals surface area contributed by atoms with Gasteiger partial charge in [0, 0.05) is 37.8 Å². The van der Waals surface area contributed by atoms with Gasteiger partial charge in [-0.1, -0.05) is 32.0 Å². The van der Waals surface area contributed by atoms with Crippen LogP contribution in [0.25, 0.3) is 0 Å². The predicted molar refractivity (Wildman–Crippen MR) is 109 cm³/mol. The maximum absolute atomic E-state index is 13.2. The molecule has 1 aliphatic heterocycles. The van der Waals surface area contributed by atoms with E-state index in [1.807, 2.05) is 23.1 Å². The molecule has 1 radical (unpaired) electrons. The van der Waals surface area contributed by atoms with E-state index in [1.54, 1.807) is 5.48 Å². The van der Waals surface area contributed by atoms with Crippen molar-refractivity contribution in [3.05, 3.63) is 36.8 Å². The molecule has 1 saturated heterocycles. The first-order chi connectivity index (χ1) is 13.5. The van der Waals surface area contributed by atoms with Crippen molar-refractivity contribution in [1.29, 1.82) is 0 Å². The third-order valence-corrected chi connectivity index (χ3v) is 6.02. The number of carbonyl (C=O) groups is 2. The molecule has 2 N–H and O–H groups in total. The number of piperazine rings is 1. The third kappa shape index (κ3) is 4.85. The molecule has 6 nitrogen and oxygen atoms in total. The number of hydrogen-bond donors (Lipinski definition) is 2. The molecule has 1 aliphatic carbocycles. The van der Waals surface area contributed by atoms with Crippen LogP contribution in [-0.2, 0) is 9.59 Å². The van der Waals surface area contributed by atoms with Crippen LogP contribution in [0.4, 0.5) is 5.69 Å². The highest BCUT2D eigenvalue weighted by Crippen LogP contribution is 2.38. The highest BCUT2D eigenvalue weighted by Gasteiger charge is 2.41. The summed E-state index contributed by atoms with van der Waals surface area (Å²) in [5, 5.41) is 9.18. The molecule has 3 rings (SSSR count). The summed E-state index contributed by atoms with van der Waals surface area (Å²) in [7, 11) is 0. The summed E-state index contributed by atoms with van der Waals surface area (Å²) in [5.41, 5.74) is 2.97. The Balaban J connectivity index is 1.61. The van der Waals surface area contributed by atoms with Gasteiger partial charge in [0.05, 0.1) is 5.92 Å². The molecular weight excluding hydrogens is 354 g/mol. The van der Waals surface area contributed by atoms with Crippen molar-refractivity contribution in [2.45, 2.75) is 33.1 Å². The molecule has 0 spiro atoms. The molecule has 1 saturated carbocycles.